The van der Waals surface area contributed by atoms with Crippen LogP contribution in [0, 0.1) is 17.0 Å². The van der Waals surface area contributed by atoms with E-state index in [1.807, 2.05) is 0 Å². The number of hydrogen-bond acceptors (Lipinski definition) is 2. The molecule has 0 aliphatic carbocycles. The van der Waals surface area contributed by atoms with Gasteiger partial charge in [-0.3, -0.25) is 4.79 Å². The molecule has 20 heavy (non-hydrogen) atoms. The lowest BCUT2D eigenvalue weighted by Crippen LogP contribution is -2.45. The highest BCUT2D eigenvalue weighted by atomic mass is 19.2. The highest BCUT2D eigenvalue weighted by molar-refractivity contribution is 5.78. The molecule has 1 fully saturated rings. The van der Waals surface area contributed by atoms with Crippen molar-refractivity contribution in [2.24, 2.45) is 11.1 Å². The summed E-state index contributed by atoms with van der Waals surface area (Å²) < 4.78 is 25.9. The van der Waals surface area contributed by atoms with Crippen molar-refractivity contribution in [3.8, 4) is 0 Å². The molecule has 0 radical (unpaired) electrons. The summed E-state index contributed by atoms with van der Waals surface area (Å²) >= 11 is 0. The van der Waals surface area contributed by atoms with E-state index >= 15 is 0 Å². The maximum absolute atomic E-state index is 13.1. The quantitative estimate of drug-likeness (QED) is 0.922. The Hall–Kier alpha value is -1.49. The standard InChI is InChI=1S/C15H20F2N2O/c1-15(10-18)4-6-19(7-5-15)14(20)9-11-2-3-12(16)13(17)8-11/h2-3,8H,4-7,9-10,18H2,1H3. The molecule has 0 saturated carbocycles. The minimum Gasteiger partial charge on any atom is -0.342 e. The molecule has 5 heteroatoms. The number of nitrogens with zero attached hydrogens (tertiary/aromatic N) is 1. The largest absolute Gasteiger partial charge is 0.342 e. The molecule has 2 N–H and O–H groups in total. The molecule has 1 aliphatic rings. The zero-order valence-corrected chi connectivity index (χ0v) is 11.7. The monoisotopic (exact) mass is 282 g/mol. The zero-order valence-electron chi connectivity index (χ0n) is 11.7. The molecule has 0 aromatic heterocycles. The smallest absolute Gasteiger partial charge is 0.226 e. The van der Waals surface area contributed by atoms with E-state index in [0.29, 0.717) is 25.2 Å². The van der Waals surface area contributed by atoms with Crippen LogP contribution in [0.2, 0.25) is 0 Å². The summed E-state index contributed by atoms with van der Waals surface area (Å²) in [6.45, 7) is 4.11. The number of halogens is 2. The molecule has 1 aromatic rings. The second-order valence-corrected chi connectivity index (χ2v) is 5.82. The van der Waals surface area contributed by atoms with Crippen LogP contribution >= 0.6 is 0 Å². The first-order valence-corrected chi connectivity index (χ1v) is 6.85. The predicted octanol–water partition coefficient (Wildman–Crippen LogP) is 2.09. The van der Waals surface area contributed by atoms with Crippen LogP contribution in [-0.2, 0) is 11.2 Å². The van der Waals surface area contributed by atoms with Gasteiger partial charge >= 0.3 is 0 Å². The van der Waals surface area contributed by atoms with E-state index in [1.165, 1.54) is 6.07 Å². The fraction of sp³-hybridized carbons (Fsp3) is 0.533. The van der Waals surface area contributed by atoms with Crippen molar-refractivity contribution in [1.82, 2.24) is 4.90 Å². The topological polar surface area (TPSA) is 46.3 Å². The molecule has 1 heterocycles. The number of benzene rings is 1. The third-order valence-electron chi connectivity index (χ3n) is 4.16. The van der Waals surface area contributed by atoms with Gasteiger partial charge in [0.2, 0.25) is 5.91 Å². The fourth-order valence-corrected chi connectivity index (χ4v) is 2.44. The Bertz CT molecular complexity index is 497. The van der Waals surface area contributed by atoms with E-state index in [-0.39, 0.29) is 17.7 Å². The minimum absolute atomic E-state index is 0.0462. The number of carbonyl (C=O) groups excluding carboxylic acids is 1. The molecule has 1 amide bonds. The summed E-state index contributed by atoms with van der Waals surface area (Å²) in [5.41, 5.74) is 6.34. The van der Waals surface area contributed by atoms with Crippen LogP contribution in [0.15, 0.2) is 18.2 Å². The molecule has 0 unspecified atom stereocenters. The molecule has 0 bridgehead atoms. The van der Waals surface area contributed by atoms with Crippen LogP contribution in [-0.4, -0.2) is 30.4 Å². The van der Waals surface area contributed by atoms with Gasteiger partial charge in [-0.1, -0.05) is 13.0 Å². The summed E-state index contributed by atoms with van der Waals surface area (Å²) in [6.07, 6.45) is 1.87. The van der Waals surface area contributed by atoms with Gasteiger partial charge in [-0.25, -0.2) is 8.78 Å². The van der Waals surface area contributed by atoms with Crippen LogP contribution in [0.3, 0.4) is 0 Å². The van der Waals surface area contributed by atoms with Gasteiger partial charge in [0.25, 0.3) is 0 Å². The lowest BCUT2D eigenvalue weighted by atomic mass is 9.80. The van der Waals surface area contributed by atoms with Gasteiger partial charge in [0.05, 0.1) is 6.42 Å². The van der Waals surface area contributed by atoms with Crippen molar-refractivity contribution in [2.75, 3.05) is 19.6 Å². The highest BCUT2D eigenvalue weighted by Gasteiger charge is 2.30. The summed E-state index contributed by atoms with van der Waals surface area (Å²) in [7, 11) is 0. The Morgan fingerprint density at radius 2 is 1.95 bits per heavy atom. The molecule has 2 rings (SSSR count). The summed E-state index contributed by atoms with van der Waals surface area (Å²) in [5, 5.41) is 0. The second kappa shape index (κ2) is 5.87. The molecule has 0 spiro atoms. The Kier molecular flexibility index (Phi) is 4.38. The first kappa shape index (κ1) is 14.9. The third-order valence-corrected chi connectivity index (χ3v) is 4.16. The van der Waals surface area contributed by atoms with Gasteiger partial charge in [0.15, 0.2) is 11.6 Å². The maximum atomic E-state index is 13.1. The van der Waals surface area contributed by atoms with Crippen molar-refractivity contribution in [3.63, 3.8) is 0 Å². The van der Waals surface area contributed by atoms with Crippen molar-refractivity contribution < 1.29 is 13.6 Å². The van der Waals surface area contributed by atoms with Gasteiger partial charge in [-0.05, 0) is 42.5 Å². The Morgan fingerprint density at radius 1 is 1.30 bits per heavy atom. The van der Waals surface area contributed by atoms with E-state index in [1.54, 1.807) is 4.90 Å². The van der Waals surface area contributed by atoms with Gasteiger partial charge in [0.1, 0.15) is 0 Å². The van der Waals surface area contributed by atoms with Crippen LogP contribution in [0.25, 0.3) is 0 Å². The van der Waals surface area contributed by atoms with Crippen molar-refractivity contribution in [2.45, 2.75) is 26.2 Å². The summed E-state index contributed by atoms with van der Waals surface area (Å²) in [5.74, 6) is -1.85. The number of amides is 1. The van der Waals surface area contributed by atoms with Gasteiger partial charge in [-0.15, -0.1) is 0 Å². The molecule has 1 aliphatic heterocycles. The zero-order chi connectivity index (χ0) is 14.8. The van der Waals surface area contributed by atoms with Crippen LogP contribution < -0.4 is 5.73 Å². The first-order chi connectivity index (χ1) is 9.43. The number of hydrogen-bond donors (Lipinski definition) is 1. The van der Waals surface area contributed by atoms with E-state index in [9.17, 15) is 13.6 Å². The molecular formula is C15H20F2N2O. The summed E-state index contributed by atoms with van der Waals surface area (Å²) in [4.78, 5) is 13.9. The Labute approximate surface area is 117 Å². The van der Waals surface area contributed by atoms with E-state index in [0.717, 1.165) is 25.0 Å². The van der Waals surface area contributed by atoms with Crippen molar-refractivity contribution in [1.29, 1.82) is 0 Å². The molecule has 0 atom stereocenters. The van der Waals surface area contributed by atoms with Gasteiger partial charge < -0.3 is 10.6 Å². The molecule has 3 nitrogen and oxygen atoms in total. The summed E-state index contributed by atoms with van der Waals surface area (Å²) in [6, 6.07) is 3.59. The minimum atomic E-state index is -0.912. The second-order valence-electron chi connectivity index (χ2n) is 5.82. The lowest BCUT2D eigenvalue weighted by molar-refractivity contribution is -0.132. The Balaban J connectivity index is 1.94. The predicted molar refractivity (Wildman–Crippen MR) is 73.0 cm³/mol. The third kappa shape index (κ3) is 3.33. The molecular weight excluding hydrogens is 262 g/mol. The number of nitrogens with two attached hydrogens (primary N) is 1. The van der Waals surface area contributed by atoms with Crippen molar-refractivity contribution >= 4 is 5.91 Å². The SMILES string of the molecule is CC1(CN)CCN(C(=O)Cc2ccc(F)c(F)c2)CC1. The van der Waals surface area contributed by atoms with Crippen LogP contribution in [0.4, 0.5) is 8.78 Å². The van der Waals surface area contributed by atoms with Gasteiger partial charge in [-0.2, -0.15) is 0 Å². The number of carbonyl (C=O) groups is 1. The van der Waals surface area contributed by atoms with E-state index < -0.39 is 11.6 Å². The van der Waals surface area contributed by atoms with Crippen LogP contribution in [0.5, 0.6) is 0 Å². The van der Waals surface area contributed by atoms with E-state index in [4.69, 9.17) is 5.73 Å². The van der Waals surface area contributed by atoms with Crippen LogP contribution in [0.1, 0.15) is 25.3 Å². The average molecular weight is 282 g/mol. The van der Waals surface area contributed by atoms with Gasteiger partial charge in [0, 0.05) is 13.1 Å². The number of piperidine rings is 1. The maximum Gasteiger partial charge on any atom is 0.226 e. The fourth-order valence-electron chi connectivity index (χ4n) is 2.44. The molecule has 1 aromatic carbocycles. The van der Waals surface area contributed by atoms with E-state index in [2.05, 4.69) is 6.92 Å². The number of likely N-dealkylation sites (tertiary alicyclic amines) is 1. The highest BCUT2D eigenvalue weighted by Crippen LogP contribution is 2.29. The number of rotatable bonds is 3. The normalized spacial score (nSPS) is 18.1. The average Bonchev–Trinajstić information content (AvgIpc) is 2.43. The lowest BCUT2D eigenvalue weighted by Gasteiger charge is -2.38. The Morgan fingerprint density at radius 3 is 2.50 bits per heavy atom. The first-order valence-electron chi connectivity index (χ1n) is 6.85. The van der Waals surface area contributed by atoms with Crippen molar-refractivity contribution in [3.05, 3.63) is 35.4 Å². The molecule has 110 valence electrons. The molecule has 1 saturated heterocycles.